The molecule has 1 nitrogen and oxygen atoms in total. The van der Waals surface area contributed by atoms with Gasteiger partial charge in [0.25, 0.3) is 0 Å². The zero-order valence-electron chi connectivity index (χ0n) is 10.5. The van der Waals surface area contributed by atoms with Crippen molar-refractivity contribution in [1.82, 2.24) is 0 Å². The van der Waals surface area contributed by atoms with Gasteiger partial charge in [0.2, 0.25) is 0 Å². The molecule has 0 bridgehead atoms. The third-order valence-corrected chi connectivity index (χ3v) is 2.95. The van der Waals surface area contributed by atoms with E-state index in [-0.39, 0.29) is 0 Å². The van der Waals surface area contributed by atoms with Crippen molar-refractivity contribution >= 4 is 5.69 Å². The van der Waals surface area contributed by atoms with Gasteiger partial charge in [-0.2, -0.15) is 0 Å². The first-order valence-corrected chi connectivity index (χ1v) is 6.16. The maximum atomic E-state index is 3.44. The Bertz CT molecular complexity index is 471. The number of anilines is 1. The molecule has 1 heteroatoms. The van der Waals surface area contributed by atoms with Gasteiger partial charge in [0, 0.05) is 12.2 Å². The fraction of sp³-hybridized carbons (Fsp3) is 0.250. The molecule has 0 aliphatic rings. The second-order valence-corrected chi connectivity index (χ2v) is 4.39. The molecule has 0 radical (unpaired) electrons. The summed E-state index contributed by atoms with van der Waals surface area (Å²) in [4.78, 5) is 0. The lowest BCUT2D eigenvalue weighted by Gasteiger charge is -2.07. The van der Waals surface area contributed by atoms with E-state index < -0.39 is 0 Å². The largest absolute Gasteiger partial charge is 0.381 e. The highest BCUT2D eigenvalue weighted by Crippen LogP contribution is 2.12. The van der Waals surface area contributed by atoms with Gasteiger partial charge in [0.15, 0.2) is 0 Å². The van der Waals surface area contributed by atoms with E-state index in [1.165, 1.54) is 22.4 Å². The van der Waals surface area contributed by atoms with Crippen molar-refractivity contribution in [2.24, 2.45) is 0 Å². The summed E-state index contributed by atoms with van der Waals surface area (Å²) in [5, 5.41) is 3.44. The molecule has 88 valence electrons. The Balaban J connectivity index is 1.97. The van der Waals surface area contributed by atoms with E-state index in [1.54, 1.807) is 0 Å². The third kappa shape index (κ3) is 3.35. The van der Waals surface area contributed by atoms with Crippen molar-refractivity contribution in [1.29, 1.82) is 0 Å². The van der Waals surface area contributed by atoms with Crippen LogP contribution in [0.25, 0.3) is 0 Å². The van der Waals surface area contributed by atoms with Gasteiger partial charge < -0.3 is 5.32 Å². The van der Waals surface area contributed by atoms with Crippen LogP contribution in [0, 0.1) is 6.92 Å². The maximum Gasteiger partial charge on any atom is 0.0400 e. The summed E-state index contributed by atoms with van der Waals surface area (Å²) in [7, 11) is 0. The van der Waals surface area contributed by atoms with Crippen LogP contribution in [0.3, 0.4) is 0 Å². The summed E-state index contributed by atoms with van der Waals surface area (Å²) in [5.41, 5.74) is 5.19. The van der Waals surface area contributed by atoms with Crippen LogP contribution in [0.4, 0.5) is 5.69 Å². The van der Waals surface area contributed by atoms with E-state index in [0.717, 1.165) is 13.0 Å². The molecule has 17 heavy (non-hydrogen) atoms. The van der Waals surface area contributed by atoms with Crippen LogP contribution in [0.2, 0.25) is 0 Å². The monoisotopic (exact) mass is 225 g/mol. The third-order valence-electron chi connectivity index (χ3n) is 2.95. The van der Waals surface area contributed by atoms with Crippen LogP contribution in [0.15, 0.2) is 48.5 Å². The van der Waals surface area contributed by atoms with Gasteiger partial charge in [-0.25, -0.2) is 0 Å². The highest BCUT2D eigenvalue weighted by Gasteiger charge is 1.95. The number of nitrogens with one attached hydrogen (secondary N) is 1. The smallest absolute Gasteiger partial charge is 0.0400 e. The first-order chi connectivity index (χ1) is 8.28. The Morgan fingerprint density at radius 3 is 2.29 bits per heavy atom. The Morgan fingerprint density at radius 2 is 1.65 bits per heavy atom. The van der Waals surface area contributed by atoms with E-state index >= 15 is 0 Å². The summed E-state index contributed by atoms with van der Waals surface area (Å²) < 4.78 is 0. The minimum absolute atomic E-state index is 0.882. The molecule has 2 rings (SSSR count). The van der Waals surface area contributed by atoms with E-state index in [9.17, 15) is 0 Å². The highest BCUT2D eigenvalue weighted by molar-refractivity contribution is 5.45. The average Bonchev–Trinajstić information content (AvgIpc) is 2.37. The molecule has 0 aliphatic heterocycles. The first-order valence-electron chi connectivity index (χ1n) is 6.16. The summed E-state index contributed by atoms with van der Waals surface area (Å²) >= 11 is 0. The van der Waals surface area contributed by atoms with Crippen LogP contribution in [-0.2, 0) is 13.0 Å². The zero-order valence-corrected chi connectivity index (χ0v) is 10.5. The fourth-order valence-electron chi connectivity index (χ4n) is 1.85. The first kappa shape index (κ1) is 11.7. The predicted octanol–water partition coefficient (Wildman–Crippen LogP) is 4.17. The van der Waals surface area contributed by atoms with Gasteiger partial charge in [0.05, 0.1) is 0 Å². The van der Waals surface area contributed by atoms with Crippen LogP contribution in [0.1, 0.15) is 23.6 Å². The Morgan fingerprint density at radius 1 is 0.941 bits per heavy atom. The van der Waals surface area contributed by atoms with Crippen molar-refractivity contribution in [3.05, 3.63) is 65.2 Å². The molecule has 0 fully saturated rings. The summed E-state index contributed by atoms with van der Waals surface area (Å²) in [5.74, 6) is 0. The molecule has 2 aromatic carbocycles. The number of benzene rings is 2. The van der Waals surface area contributed by atoms with Crippen molar-refractivity contribution < 1.29 is 0 Å². The van der Waals surface area contributed by atoms with Crippen molar-refractivity contribution in [2.45, 2.75) is 26.8 Å². The van der Waals surface area contributed by atoms with E-state index in [0.29, 0.717) is 0 Å². The summed E-state index contributed by atoms with van der Waals surface area (Å²) in [6, 6.07) is 17.3. The van der Waals surface area contributed by atoms with Gasteiger partial charge in [-0.1, -0.05) is 43.3 Å². The molecule has 0 aliphatic carbocycles. The standard InChI is InChI=1S/C16H19N/c1-3-14-7-9-15(10-8-14)12-17-16-6-4-5-13(2)11-16/h4-11,17H,3,12H2,1-2H3. The lowest BCUT2D eigenvalue weighted by molar-refractivity contribution is 1.10. The number of hydrogen-bond acceptors (Lipinski definition) is 1. The molecule has 1 N–H and O–H groups in total. The number of rotatable bonds is 4. The molecule has 0 heterocycles. The minimum atomic E-state index is 0.882. The zero-order chi connectivity index (χ0) is 12.1. The Labute approximate surface area is 103 Å². The molecular formula is C16H19N. The molecule has 2 aromatic rings. The lowest BCUT2D eigenvalue weighted by Crippen LogP contribution is -1.99. The second kappa shape index (κ2) is 5.53. The molecule has 0 spiro atoms. The second-order valence-electron chi connectivity index (χ2n) is 4.39. The predicted molar refractivity (Wildman–Crippen MR) is 74.3 cm³/mol. The van der Waals surface area contributed by atoms with Crippen molar-refractivity contribution in [3.8, 4) is 0 Å². The average molecular weight is 225 g/mol. The maximum absolute atomic E-state index is 3.44. The fourth-order valence-corrected chi connectivity index (χ4v) is 1.85. The lowest BCUT2D eigenvalue weighted by atomic mass is 10.1. The van der Waals surface area contributed by atoms with Crippen molar-refractivity contribution in [3.63, 3.8) is 0 Å². The van der Waals surface area contributed by atoms with Gasteiger partial charge in [-0.15, -0.1) is 0 Å². The van der Waals surface area contributed by atoms with E-state index in [2.05, 4.69) is 67.7 Å². The van der Waals surface area contributed by atoms with Gasteiger partial charge in [-0.3, -0.25) is 0 Å². The Hall–Kier alpha value is -1.76. The number of hydrogen-bond donors (Lipinski definition) is 1. The molecule has 0 atom stereocenters. The molecule has 0 unspecified atom stereocenters. The van der Waals surface area contributed by atoms with Gasteiger partial charge in [-0.05, 0) is 42.2 Å². The van der Waals surface area contributed by atoms with E-state index in [4.69, 9.17) is 0 Å². The Kier molecular flexibility index (Phi) is 3.81. The number of aryl methyl sites for hydroxylation is 2. The molecule has 0 saturated heterocycles. The molecule has 0 aromatic heterocycles. The SMILES string of the molecule is CCc1ccc(CNc2cccc(C)c2)cc1. The van der Waals surface area contributed by atoms with Crippen LogP contribution < -0.4 is 5.32 Å². The summed E-state index contributed by atoms with van der Waals surface area (Å²) in [6.07, 6.45) is 1.10. The summed E-state index contributed by atoms with van der Waals surface area (Å²) in [6.45, 7) is 5.18. The van der Waals surface area contributed by atoms with Crippen LogP contribution in [-0.4, -0.2) is 0 Å². The topological polar surface area (TPSA) is 12.0 Å². The van der Waals surface area contributed by atoms with Gasteiger partial charge >= 0.3 is 0 Å². The molecular weight excluding hydrogens is 206 g/mol. The molecule has 0 saturated carbocycles. The van der Waals surface area contributed by atoms with Crippen molar-refractivity contribution in [2.75, 3.05) is 5.32 Å². The van der Waals surface area contributed by atoms with Crippen LogP contribution in [0.5, 0.6) is 0 Å². The van der Waals surface area contributed by atoms with Gasteiger partial charge in [0.1, 0.15) is 0 Å². The minimum Gasteiger partial charge on any atom is -0.381 e. The quantitative estimate of drug-likeness (QED) is 0.823. The molecule has 0 amide bonds. The van der Waals surface area contributed by atoms with E-state index in [1.807, 2.05) is 0 Å². The normalized spacial score (nSPS) is 10.2. The highest BCUT2D eigenvalue weighted by atomic mass is 14.9. The van der Waals surface area contributed by atoms with Crippen LogP contribution >= 0.6 is 0 Å².